The van der Waals surface area contributed by atoms with Gasteiger partial charge in [0.05, 0.1) is 9.92 Å². The van der Waals surface area contributed by atoms with Crippen molar-refractivity contribution in [3.8, 4) is 5.75 Å². The van der Waals surface area contributed by atoms with Crippen molar-refractivity contribution < 1.29 is 14.7 Å². The van der Waals surface area contributed by atoms with Crippen molar-refractivity contribution in [3.63, 3.8) is 0 Å². The standard InChI is InChI=1S/C21H22ClN3O3S/c1-14(26)24-8-10-25(11-9-24)21(28)7-3-15-2-5-19(17(22)12-15)29-20-6-4-16(23)13-18(20)27/h2-7,12-13,27H,8-11,23H2,1H3. The van der Waals surface area contributed by atoms with Crippen LogP contribution in [0.2, 0.25) is 5.02 Å². The van der Waals surface area contributed by atoms with Crippen LogP contribution in [0.4, 0.5) is 5.69 Å². The molecule has 29 heavy (non-hydrogen) atoms. The van der Waals surface area contributed by atoms with Gasteiger partial charge in [0, 0.05) is 55.8 Å². The van der Waals surface area contributed by atoms with Crippen LogP contribution in [0.5, 0.6) is 5.75 Å². The third kappa shape index (κ3) is 5.46. The molecule has 8 heteroatoms. The second kappa shape index (κ2) is 9.24. The van der Waals surface area contributed by atoms with Crippen LogP contribution < -0.4 is 5.73 Å². The number of amides is 2. The normalized spacial score (nSPS) is 14.4. The Kier molecular flexibility index (Phi) is 6.71. The number of carbonyl (C=O) groups excluding carboxylic acids is 2. The molecule has 0 aliphatic carbocycles. The van der Waals surface area contributed by atoms with Gasteiger partial charge in [-0.3, -0.25) is 9.59 Å². The van der Waals surface area contributed by atoms with E-state index in [1.807, 2.05) is 12.1 Å². The molecule has 0 spiro atoms. The predicted molar refractivity (Wildman–Crippen MR) is 116 cm³/mol. The van der Waals surface area contributed by atoms with Crippen molar-refractivity contribution >= 4 is 46.9 Å². The largest absolute Gasteiger partial charge is 0.507 e. The van der Waals surface area contributed by atoms with Crippen molar-refractivity contribution in [2.75, 3.05) is 31.9 Å². The highest BCUT2D eigenvalue weighted by molar-refractivity contribution is 7.99. The van der Waals surface area contributed by atoms with Gasteiger partial charge in [-0.2, -0.15) is 0 Å². The number of nitrogens with zero attached hydrogens (tertiary/aromatic N) is 2. The van der Waals surface area contributed by atoms with E-state index in [4.69, 9.17) is 17.3 Å². The van der Waals surface area contributed by atoms with Gasteiger partial charge in [0.25, 0.3) is 0 Å². The van der Waals surface area contributed by atoms with Gasteiger partial charge in [0.15, 0.2) is 0 Å². The van der Waals surface area contributed by atoms with Crippen molar-refractivity contribution in [2.45, 2.75) is 16.7 Å². The third-order valence-electron chi connectivity index (χ3n) is 4.61. The lowest BCUT2D eigenvalue weighted by Crippen LogP contribution is -2.49. The zero-order chi connectivity index (χ0) is 21.0. The minimum Gasteiger partial charge on any atom is -0.507 e. The summed E-state index contributed by atoms with van der Waals surface area (Å²) in [6.07, 6.45) is 3.24. The molecule has 0 atom stereocenters. The molecule has 1 aliphatic heterocycles. The number of hydrogen-bond donors (Lipinski definition) is 2. The summed E-state index contributed by atoms with van der Waals surface area (Å²) in [5.74, 6) is 0.0487. The van der Waals surface area contributed by atoms with E-state index in [9.17, 15) is 14.7 Å². The van der Waals surface area contributed by atoms with Crippen LogP contribution in [0.25, 0.3) is 6.08 Å². The topological polar surface area (TPSA) is 86.9 Å². The molecule has 0 radical (unpaired) electrons. The number of hydrogen-bond acceptors (Lipinski definition) is 5. The van der Waals surface area contributed by atoms with Gasteiger partial charge in [-0.1, -0.05) is 29.4 Å². The summed E-state index contributed by atoms with van der Waals surface area (Å²) in [6, 6.07) is 10.4. The fourth-order valence-electron chi connectivity index (χ4n) is 2.96. The summed E-state index contributed by atoms with van der Waals surface area (Å²) < 4.78 is 0. The molecule has 6 nitrogen and oxygen atoms in total. The minimum absolute atomic E-state index is 0.0348. The van der Waals surface area contributed by atoms with Crippen LogP contribution in [-0.2, 0) is 9.59 Å². The number of aromatic hydroxyl groups is 1. The minimum atomic E-state index is -0.0884. The van der Waals surface area contributed by atoms with Gasteiger partial charge in [0.2, 0.25) is 11.8 Å². The van der Waals surface area contributed by atoms with Crippen molar-refractivity contribution in [3.05, 3.63) is 53.1 Å². The van der Waals surface area contributed by atoms with Gasteiger partial charge >= 0.3 is 0 Å². The highest BCUT2D eigenvalue weighted by atomic mass is 35.5. The number of benzene rings is 2. The van der Waals surface area contributed by atoms with Gasteiger partial charge < -0.3 is 20.6 Å². The Balaban J connectivity index is 1.62. The number of carbonyl (C=O) groups is 2. The predicted octanol–water partition coefficient (Wildman–Crippen LogP) is 3.48. The summed E-state index contributed by atoms with van der Waals surface area (Å²) >= 11 is 7.72. The van der Waals surface area contributed by atoms with Crippen LogP contribution in [0.1, 0.15) is 12.5 Å². The van der Waals surface area contributed by atoms with Gasteiger partial charge in [-0.15, -0.1) is 0 Å². The van der Waals surface area contributed by atoms with Crippen molar-refractivity contribution in [1.82, 2.24) is 9.80 Å². The van der Waals surface area contributed by atoms with Crippen LogP contribution in [0, 0.1) is 0 Å². The third-order valence-corrected chi connectivity index (χ3v) is 6.18. The SMILES string of the molecule is CC(=O)N1CCN(C(=O)C=Cc2ccc(Sc3ccc(N)cc3O)c(Cl)c2)CC1. The molecular formula is C21H22ClN3O3S. The Labute approximate surface area is 178 Å². The second-order valence-electron chi connectivity index (χ2n) is 6.68. The van der Waals surface area contributed by atoms with E-state index in [-0.39, 0.29) is 17.6 Å². The molecule has 3 N–H and O–H groups in total. The Bertz CT molecular complexity index is 956. The van der Waals surface area contributed by atoms with E-state index in [1.54, 1.807) is 34.1 Å². The van der Waals surface area contributed by atoms with Crippen LogP contribution in [0.3, 0.4) is 0 Å². The molecule has 1 aliphatic rings. The Morgan fingerprint density at radius 3 is 2.34 bits per heavy atom. The average Bonchev–Trinajstić information content (AvgIpc) is 2.69. The molecule has 0 aromatic heterocycles. The molecule has 2 aromatic rings. The molecule has 3 rings (SSSR count). The summed E-state index contributed by atoms with van der Waals surface area (Å²) in [6.45, 7) is 3.72. The van der Waals surface area contributed by atoms with Gasteiger partial charge in [0.1, 0.15) is 5.75 Å². The zero-order valence-corrected chi connectivity index (χ0v) is 17.5. The number of anilines is 1. The van der Waals surface area contributed by atoms with Gasteiger partial charge in [-0.25, -0.2) is 0 Å². The lowest BCUT2D eigenvalue weighted by atomic mass is 10.2. The van der Waals surface area contributed by atoms with Crippen molar-refractivity contribution in [1.29, 1.82) is 0 Å². The first-order valence-electron chi connectivity index (χ1n) is 9.12. The first-order valence-corrected chi connectivity index (χ1v) is 10.3. The maximum absolute atomic E-state index is 12.4. The van der Waals surface area contributed by atoms with E-state index in [1.165, 1.54) is 30.8 Å². The van der Waals surface area contributed by atoms with E-state index < -0.39 is 0 Å². The fourth-order valence-corrected chi connectivity index (χ4v) is 4.09. The quantitative estimate of drug-likeness (QED) is 0.571. The summed E-state index contributed by atoms with van der Waals surface area (Å²) in [7, 11) is 0. The number of piperazine rings is 1. The number of rotatable bonds is 4. The molecule has 2 amide bonds. The smallest absolute Gasteiger partial charge is 0.246 e. The van der Waals surface area contributed by atoms with E-state index in [2.05, 4.69) is 0 Å². The van der Waals surface area contributed by atoms with Crippen LogP contribution >= 0.6 is 23.4 Å². The molecule has 0 bridgehead atoms. The van der Waals surface area contributed by atoms with Crippen molar-refractivity contribution in [2.24, 2.45) is 0 Å². The molecule has 152 valence electrons. The monoisotopic (exact) mass is 431 g/mol. The van der Waals surface area contributed by atoms with Crippen LogP contribution in [0.15, 0.2) is 52.3 Å². The molecule has 1 heterocycles. The van der Waals surface area contributed by atoms with Crippen LogP contribution in [-0.4, -0.2) is 52.9 Å². The average molecular weight is 432 g/mol. The molecule has 2 aromatic carbocycles. The fraction of sp³-hybridized carbons (Fsp3) is 0.238. The molecule has 0 saturated carbocycles. The maximum atomic E-state index is 12.4. The molecule has 1 saturated heterocycles. The first-order chi connectivity index (χ1) is 13.8. The van der Waals surface area contributed by atoms with E-state index in [0.717, 1.165) is 10.5 Å². The number of nitrogens with two attached hydrogens (primary N) is 1. The van der Waals surface area contributed by atoms with E-state index >= 15 is 0 Å². The molecule has 0 unspecified atom stereocenters. The summed E-state index contributed by atoms with van der Waals surface area (Å²) in [5.41, 5.74) is 6.94. The second-order valence-corrected chi connectivity index (χ2v) is 8.17. The van der Waals surface area contributed by atoms with Gasteiger partial charge in [-0.05, 0) is 35.9 Å². The molecule has 1 fully saturated rings. The Morgan fingerprint density at radius 2 is 1.72 bits per heavy atom. The summed E-state index contributed by atoms with van der Waals surface area (Å²) in [4.78, 5) is 28.6. The zero-order valence-electron chi connectivity index (χ0n) is 16.0. The highest BCUT2D eigenvalue weighted by Gasteiger charge is 2.20. The summed E-state index contributed by atoms with van der Waals surface area (Å²) in [5, 5.41) is 10.5. The molecular weight excluding hydrogens is 410 g/mol. The number of phenols is 1. The lowest BCUT2D eigenvalue weighted by Gasteiger charge is -2.33. The Morgan fingerprint density at radius 1 is 1.07 bits per heavy atom. The van der Waals surface area contributed by atoms with E-state index in [0.29, 0.717) is 41.8 Å². The number of nitrogen functional groups attached to an aromatic ring is 1. The Hall–Kier alpha value is -2.64. The first kappa shape index (κ1) is 21.1. The highest BCUT2D eigenvalue weighted by Crippen LogP contribution is 2.39. The number of halogens is 1. The lowest BCUT2D eigenvalue weighted by molar-refractivity contribution is -0.135. The maximum Gasteiger partial charge on any atom is 0.246 e. The number of phenolic OH excluding ortho intramolecular Hbond substituents is 1.